The molecule has 2 nitrogen and oxygen atoms in total. The summed E-state index contributed by atoms with van der Waals surface area (Å²) in [5.41, 5.74) is 1.36. The van der Waals surface area contributed by atoms with Crippen LogP contribution >= 0.6 is 0 Å². The second-order valence-electron chi connectivity index (χ2n) is 4.71. The molecule has 18 heavy (non-hydrogen) atoms. The van der Waals surface area contributed by atoms with Gasteiger partial charge in [0.15, 0.2) is 0 Å². The average molecular weight is 310 g/mol. The number of benzene rings is 1. The van der Waals surface area contributed by atoms with E-state index >= 15 is 0 Å². The van der Waals surface area contributed by atoms with Crippen molar-refractivity contribution in [3.63, 3.8) is 0 Å². The number of aliphatic hydroxyl groups excluding tert-OH is 1. The van der Waals surface area contributed by atoms with Crippen molar-refractivity contribution < 1.29 is 5.11 Å². The normalized spacial score (nSPS) is 23.8. The SMILES string of the molecule is CCCCCC1=N[C@@H](O)C[C@@H](c2ccccc2)[Se]1. The van der Waals surface area contributed by atoms with E-state index in [1.54, 1.807) is 0 Å². The van der Waals surface area contributed by atoms with Gasteiger partial charge < -0.3 is 0 Å². The maximum absolute atomic E-state index is 9.89. The summed E-state index contributed by atoms with van der Waals surface area (Å²) in [5.74, 6) is 0. The van der Waals surface area contributed by atoms with E-state index in [1.807, 2.05) is 6.07 Å². The van der Waals surface area contributed by atoms with Gasteiger partial charge in [-0.1, -0.05) is 0 Å². The van der Waals surface area contributed by atoms with Crippen LogP contribution in [0, 0.1) is 0 Å². The van der Waals surface area contributed by atoms with E-state index in [2.05, 4.69) is 36.2 Å². The van der Waals surface area contributed by atoms with Gasteiger partial charge in [0.1, 0.15) is 0 Å². The first-order chi connectivity index (χ1) is 8.79. The van der Waals surface area contributed by atoms with Crippen molar-refractivity contribution in [1.29, 1.82) is 0 Å². The molecule has 1 aromatic carbocycles. The number of hydrogen-bond donors (Lipinski definition) is 1. The summed E-state index contributed by atoms with van der Waals surface area (Å²) in [7, 11) is 0. The van der Waals surface area contributed by atoms with Crippen LogP contribution in [0.4, 0.5) is 0 Å². The molecule has 1 heterocycles. The number of rotatable bonds is 5. The molecule has 0 aliphatic carbocycles. The van der Waals surface area contributed by atoms with Crippen molar-refractivity contribution >= 4 is 19.6 Å². The Morgan fingerprint density at radius 3 is 2.78 bits per heavy atom. The second-order valence-corrected chi connectivity index (χ2v) is 7.39. The fraction of sp³-hybridized carbons (Fsp3) is 0.533. The number of nitrogens with zero attached hydrogens (tertiary/aromatic N) is 1. The first kappa shape index (κ1) is 13.8. The van der Waals surface area contributed by atoms with Crippen LogP contribution in [0.3, 0.4) is 0 Å². The molecule has 0 aromatic heterocycles. The van der Waals surface area contributed by atoms with E-state index in [0.717, 1.165) is 12.8 Å². The molecular weight excluding hydrogens is 289 g/mol. The summed E-state index contributed by atoms with van der Waals surface area (Å²) in [6, 6.07) is 10.6. The van der Waals surface area contributed by atoms with Crippen LogP contribution in [0.1, 0.15) is 49.4 Å². The molecule has 0 saturated carbocycles. The Labute approximate surface area is 116 Å². The zero-order chi connectivity index (χ0) is 12.8. The Morgan fingerprint density at radius 2 is 2.06 bits per heavy atom. The molecule has 1 aliphatic heterocycles. The maximum atomic E-state index is 9.89. The van der Waals surface area contributed by atoms with Crippen molar-refractivity contribution in [3.8, 4) is 0 Å². The number of unbranched alkanes of at least 4 members (excludes halogenated alkanes) is 2. The summed E-state index contributed by atoms with van der Waals surface area (Å²) in [5, 5.41) is 9.89. The Balaban J connectivity index is 1.98. The van der Waals surface area contributed by atoms with Crippen LogP contribution in [-0.2, 0) is 0 Å². The van der Waals surface area contributed by atoms with Crippen LogP contribution in [0.25, 0.3) is 0 Å². The minimum atomic E-state index is -0.484. The zero-order valence-corrected chi connectivity index (χ0v) is 12.6. The van der Waals surface area contributed by atoms with E-state index in [9.17, 15) is 5.11 Å². The molecule has 0 bridgehead atoms. The summed E-state index contributed by atoms with van der Waals surface area (Å²) >= 11 is 0.411. The van der Waals surface area contributed by atoms with Crippen molar-refractivity contribution in [2.45, 2.75) is 50.1 Å². The molecule has 2 atom stereocenters. The van der Waals surface area contributed by atoms with Gasteiger partial charge in [-0.05, 0) is 0 Å². The molecule has 3 heteroatoms. The van der Waals surface area contributed by atoms with E-state index in [4.69, 9.17) is 0 Å². The third-order valence-corrected chi connectivity index (χ3v) is 5.95. The van der Waals surface area contributed by atoms with Gasteiger partial charge >= 0.3 is 116 Å². The molecule has 0 spiro atoms. The summed E-state index contributed by atoms with van der Waals surface area (Å²) < 4.78 is 1.27. The minimum absolute atomic E-state index is 0.411. The molecule has 98 valence electrons. The Morgan fingerprint density at radius 1 is 1.28 bits per heavy atom. The van der Waals surface area contributed by atoms with Crippen molar-refractivity contribution in [2.75, 3.05) is 0 Å². The van der Waals surface area contributed by atoms with Gasteiger partial charge in [0, 0.05) is 0 Å². The molecule has 0 radical (unpaired) electrons. The summed E-state index contributed by atoms with van der Waals surface area (Å²) in [6.07, 6.45) is 5.11. The van der Waals surface area contributed by atoms with Gasteiger partial charge in [-0.2, -0.15) is 0 Å². The molecule has 1 aliphatic rings. The van der Waals surface area contributed by atoms with Gasteiger partial charge in [0.2, 0.25) is 0 Å². The van der Waals surface area contributed by atoms with Crippen molar-refractivity contribution in [3.05, 3.63) is 35.9 Å². The van der Waals surface area contributed by atoms with Crippen LogP contribution in [-0.4, -0.2) is 30.9 Å². The van der Waals surface area contributed by atoms with Gasteiger partial charge in [-0.25, -0.2) is 0 Å². The Bertz CT molecular complexity index is 391. The third-order valence-electron chi connectivity index (χ3n) is 3.16. The van der Waals surface area contributed by atoms with E-state index in [1.165, 1.54) is 29.4 Å². The quantitative estimate of drug-likeness (QED) is 0.658. The Hall–Kier alpha value is -0.631. The predicted octanol–water partition coefficient (Wildman–Crippen LogP) is 3.13. The number of aliphatic imine (C=N–C) groups is 1. The second kappa shape index (κ2) is 7.08. The van der Waals surface area contributed by atoms with Crippen LogP contribution < -0.4 is 0 Å². The molecule has 1 N–H and O–H groups in total. The van der Waals surface area contributed by atoms with Gasteiger partial charge in [-0.15, -0.1) is 0 Å². The Kier molecular flexibility index (Phi) is 5.43. The fourth-order valence-corrected chi connectivity index (χ4v) is 4.98. The standard InChI is InChI=1S/C15H21NOSe/c1-2-3-5-10-15-16-14(17)11-13(18-15)12-8-6-4-7-9-12/h4,6-9,13-14,17H,2-3,5,10-11H2,1H3/t13-,14-/m0/s1. The van der Waals surface area contributed by atoms with Crippen LogP contribution in [0.5, 0.6) is 0 Å². The number of aliphatic hydroxyl groups is 1. The first-order valence-electron chi connectivity index (χ1n) is 6.76. The average Bonchev–Trinajstić information content (AvgIpc) is 2.39. The molecule has 1 aromatic rings. The van der Waals surface area contributed by atoms with E-state index in [0.29, 0.717) is 19.8 Å². The third kappa shape index (κ3) is 3.94. The van der Waals surface area contributed by atoms with Crippen LogP contribution in [0.2, 0.25) is 0 Å². The van der Waals surface area contributed by atoms with Crippen LogP contribution in [0.15, 0.2) is 35.3 Å². The van der Waals surface area contributed by atoms with E-state index in [-0.39, 0.29) is 0 Å². The van der Waals surface area contributed by atoms with E-state index < -0.39 is 6.23 Å². The number of hydrogen-bond acceptors (Lipinski definition) is 2. The predicted molar refractivity (Wildman–Crippen MR) is 77.1 cm³/mol. The monoisotopic (exact) mass is 311 g/mol. The fourth-order valence-electron chi connectivity index (χ4n) is 2.17. The molecule has 0 saturated heterocycles. The van der Waals surface area contributed by atoms with Crippen molar-refractivity contribution in [2.24, 2.45) is 4.99 Å². The zero-order valence-electron chi connectivity index (χ0n) is 10.9. The molecule has 0 fully saturated rings. The summed E-state index contributed by atoms with van der Waals surface area (Å²) in [4.78, 5) is 4.93. The first-order valence-corrected chi connectivity index (χ1v) is 8.60. The molecule has 2 rings (SSSR count). The van der Waals surface area contributed by atoms with Gasteiger partial charge in [0.05, 0.1) is 0 Å². The molecular formula is C15H21NOSe. The van der Waals surface area contributed by atoms with Crippen molar-refractivity contribution in [1.82, 2.24) is 0 Å². The summed E-state index contributed by atoms with van der Waals surface area (Å²) in [6.45, 7) is 2.22. The van der Waals surface area contributed by atoms with Gasteiger partial charge in [-0.3, -0.25) is 0 Å². The topological polar surface area (TPSA) is 32.6 Å². The molecule has 0 amide bonds. The van der Waals surface area contributed by atoms with Gasteiger partial charge in [0.25, 0.3) is 0 Å². The molecule has 0 unspecified atom stereocenters.